The van der Waals surface area contributed by atoms with E-state index in [2.05, 4.69) is 47.3 Å². The first-order valence-corrected chi connectivity index (χ1v) is 12.5. The number of ether oxygens (including phenoxy) is 1. The number of anilines is 1. The molecule has 0 unspecified atom stereocenters. The van der Waals surface area contributed by atoms with Gasteiger partial charge in [0, 0.05) is 15.2 Å². The van der Waals surface area contributed by atoms with Gasteiger partial charge in [-0.25, -0.2) is 4.98 Å². The van der Waals surface area contributed by atoms with Gasteiger partial charge in [0.2, 0.25) is 0 Å². The summed E-state index contributed by atoms with van der Waals surface area (Å²) in [4.78, 5) is 29.5. The summed E-state index contributed by atoms with van der Waals surface area (Å²) in [5.41, 5.74) is 1.51. The molecule has 1 aromatic heterocycles. The van der Waals surface area contributed by atoms with E-state index in [1.54, 1.807) is 55.5 Å². The number of halogens is 4. The van der Waals surface area contributed by atoms with Crippen LogP contribution in [0.3, 0.4) is 0 Å². The van der Waals surface area contributed by atoms with Gasteiger partial charge in [-0.15, -0.1) is 0 Å². The Labute approximate surface area is 227 Å². The summed E-state index contributed by atoms with van der Waals surface area (Å²) >= 11 is 19.0. The van der Waals surface area contributed by atoms with Crippen LogP contribution in [-0.4, -0.2) is 28.4 Å². The van der Waals surface area contributed by atoms with Crippen molar-refractivity contribution in [2.75, 3.05) is 11.9 Å². The van der Waals surface area contributed by atoms with Gasteiger partial charge in [-0.1, -0.05) is 39.1 Å². The fraction of sp³-hybridized carbons (Fsp3) is 0.0833. The van der Waals surface area contributed by atoms with E-state index in [0.717, 1.165) is 4.47 Å². The van der Waals surface area contributed by atoms with Gasteiger partial charge < -0.3 is 10.1 Å². The van der Waals surface area contributed by atoms with Gasteiger partial charge >= 0.3 is 0 Å². The molecule has 0 radical (unpaired) electrons. The average molecular weight is 639 g/mol. The lowest BCUT2D eigenvalue weighted by Gasteiger charge is -2.11. The molecule has 1 N–H and O–H groups in total. The topological polar surface area (TPSA) is 85.6 Å². The van der Waals surface area contributed by atoms with Crippen molar-refractivity contribution in [1.82, 2.24) is 9.66 Å². The van der Waals surface area contributed by atoms with Crippen LogP contribution in [0.4, 0.5) is 5.69 Å². The maximum absolute atomic E-state index is 12.9. The molecule has 3 aromatic carbocycles. The Morgan fingerprint density at radius 1 is 1.14 bits per heavy atom. The molecule has 0 aliphatic heterocycles. The molecule has 0 aliphatic carbocycles. The van der Waals surface area contributed by atoms with Gasteiger partial charge in [0.1, 0.15) is 5.82 Å². The second kappa shape index (κ2) is 10.9. The number of carbonyl (C=O) groups is 1. The number of amides is 1. The molecular weight excluding hydrogens is 623 g/mol. The van der Waals surface area contributed by atoms with Crippen LogP contribution >= 0.6 is 55.1 Å². The highest BCUT2D eigenvalue weighted by molar-refractivity contribution is 9.10. The highest BCUT2D eigenvalue weighted by Crippen LogP contribution is 2.34. The lowest BCUT2D eigenvalue weighted by Crippen LogP contribution is -2.20. The van der Waals surface area contributed by atoms with Crippen LogP contribution in [0.2, 0.25) is 10.0 Å². The minimum absolute atomic E-state index is 0.249. The van der Waals surface area contributed by atoms with E-state index in [9.17, 15) is 9.59 Å². The number of aryl methyl sites for hydroxylation is 1. The van der Waals surface area contributed by atoms with Crippen molar-refractivity contribution in [3.63, 3.8) is 0 Å². The van der Waals surface area contributed by atoms with Crippen molar-refractivity contribution in [2.24, 2.45) is 5.10 Å². The van der Waals surface area contributed by atoms with E-state index in [1.807, 2.05) is 6.07 Å². The zero-order valence-electron chi connectivity index (χ0n) is 18.1. The third kappa shape index (κ3) is 6.10. The number of hydrogen-bond acceptors (Lipinski definition) is 5. The van der Waals surface area contributed by atoms with Gasteiger partial charge in [-0.3, -0.25) is 9.59 Å². The molecule has 11 heteroatoms. The zero-order valence-corrected chi connectivity index (χ0v) is 22.7. The molecule has 0 fully saturated rings. The van der Waals surface area contributed by atoms with Gasteiger partial charge in [0.15, 0.2) is 12.4 Å². The molecular formula is C24H16Br2Cl2N4O3. The van der Waals surface area contributed by atoms with E-state index in [0.29, 0.717) is 43.2 Å². The van der Waals surface area contributed by atoms with Crippen molar-refractivity contribution < 1.29 is 9.53 Å². The van der Waals surface area contributed by atoms with Gasteiger partial charge in [-0.2, -0.15) is 9.78 Å². The van der Waals surface area contributed by atoms with Crippen LogP contribution in [0.1, 0.15) is 11.4 Å². The summed E-state index contributed by atoms with van der Waals surface area (Å²) in [6.45, 7) is 1.45. The highest BCUT2D eigenvalue weighted by atomic mass is 79.9. The van der Waals surface area contributed by atoms with E-state index < -0.39 is 0 Å². The first-order valence-electron chi connectivity index (χ1n) is 10.1. The molecule has 0 bridgehead atoms. The van der Waals surface area contributed by atoms with E-state index in [-0.39, 0.29) is 23.1 Å². The van der Waals surface area contributed by atoms with Crippen LogP contribution < -0.4 is 15.6 Å². The molecule has 7 nitrogen and oxygen atoms in total. The Kier molecular flexibility index (Phi) is 7.91. The fourth-order valence-corrected chi connectivity index (χ4v) is 4.66. The third-order valence-electron chi connectivity index (χ3n) is 4.79. The van der Waals surface area contributed by atoms with Crippen LogP contribution in [-0.2, 0) is 4.79 Å². The van der Waals surface area contributed by atoms with E-state index in [1.165, 1.54) is 10.9 Å². The summed E-state index contributed by atoms with van der Waals surface area (Å²) in [6, 6.07) is 15.4. The number of rotatable bonds is 6. The molecule has 4 rings (SSSR count). The SMILES string of the molecule is Cc1nc2ccc(Br)cc2c(=O)n1N=Cc1cc(Cl)c(OCC(=O)Nc2ccc(Cl)cc2)c(Br)c1. The van der Waals surface area contributed by atoms with Crippen molar-refractivity contribution in [3.8, 4) is 5.75 Å². The summed E-state index contributed by atoms with van der Waals surface area (Å²) < 4.78 is 8.13. The predicted octanol–water partition coefficient (Wildman–Crippen LogP) is 6.44. The molecule has 35 heavy (non-hydrogen) atoms. The molecule has 1 heterocycles. The molecule has 0 aliphatic rings. The molecule has 4 aromatic rings. The molecule has 0 saturated heterocycles. The van der Waals surface area contributed by atoms with Gasteiger partial charge in [0.25, 0.3) is 11.5 Å². The molecule has 0 atom stereocenters. The number of nitrogens with one attached hydrogen (secondary N) is 1. The fourth-order valence-electron chi connectivity index (χ4n) is 3.18. The van der Waals surface area contributed by atoms with Crippen molar-refractivity contribution in [1.29, 1.82) is 0 Å². The smallest absolute Gasteiger partial charge is 0.282 e. The normalized spacial score (nSPS) is 11.2. The van der Waals surface area contributed by atoms with Crippen molar-refractivity contribution >= 4 is 83.8 Å². The predicted molar refractivity (Wildman–Crippen MR) is 146 cm³/mol. The molecule has 0 saturated carbocycles. The Morgan fingerprint density at radius 2 is 1.89 bits per heavy atom. The Balaban J connectivity index is 1.50. The molecule has 0 spiro atoms. The quantitative estimate of drug-likeness (QED) is 0.247. The molecule has 1 amide bonds. The molecule has 178 valence electrons. The number of carbonyl (C=O) groups excluding carboxylic acids is 1. The minimum atomic E-state index is -0.355. The first-order chi connectivity index (χ1) is 16.7. The lowest BCUT2D eigenvalue weighted by molar-refractivity contribution is -0.118. The number of nitrogens with zero attached hydrogens (tertiary/aromatic N) is 3. The summed E-state index contributed by atoms with van der Waals surface area (Å²) in [5.74, 6) is 0.393. The van der Waals surface area contributed by atoms with Crippen LogP contribution in [0.5, 0.6) is 5.75 Å². The van der Waals surface area contributed by atoms with Crippen LogP contribution in [0.15, 0.2) is 73.4 Å². The van der Waals surface area contributed by atoms with Gasteiger partial charge in [0.05, 0.1) is 26.6 Å². The standard InChI is InChI=1S/C24H16Br2Cl2N4O3/c1-13-30-21-7-2-15(25)10-18(21)24(34)32(13)29-11-14-8-19(26)23(20(28)9-14)35-12-22(33)31-17-5-3-16(27)4-6-17/h2-11H,12H2,1H3,(H,31,33). The Morgan fingerprint density at radius 3 is 2.60 bits per heavy atom. The number of hydrogen-bond donors (Lipinski definition) is 1. The largest absolute Gasteiger partial charge is 0.481 e. The summed E-state index contributed by atoms with van der Waals surface area (Å²) in [6.07, 6.45) is 1.49. The Hall–Kier alpha value is -2.72. The average Bonchev–Trinajstić information content (AvgIpc) is 2.80. The highest BCUT2D eigenvalue weighted by Gasteiger charge is 2.12. The maximum Gasteiger partial charge on any atom is 0.282 e. The van der Waals surface area contributed by atoms with E-state index in [4.69, 9.17) is 27.9 Å². The van der Waals surface area contributed by atoms with Gasteiger partial charge in [-0.05, 0) is 83.0 Å². The first kappa shape index (κ1) is 25.4. The minimum Gasteiger partial charge on any atom is -0.481 e. The maximum atomic E-state index is 12.9. The van der Waals surface area contributed by atoms with Crippen LogP contribution in [0.25, 0.3) is 10.9 Å². The van der Waals surface area contributed by atoms with Crippen LogP contribution in [0, 0.1) is 6.92 Å². The number of benzene rings is 3. The lowest BCUT2D eigenvalue weighted by atomic mass is 10.2. The van der Waals surface area contributed by atoms with Crippen molar-refractivity contribution in [3.05, 3.63) is 95.3 Å². The number of fused-ring (bicyclic) bond motifs is 1. The zero-order chi connectivity index (χ0) is 25.1. The number of aromatic nitrogens is 2. The second-order valence-electron chi connectivity index (χ2n) is 7.34. The second-order valence-corrected chi connectivity index (χ2v) is 9.95. The summed E-state index contributed by atoms with van der Waals surface area (Å²) in [7, 11) is 0. The van der Waals surface area contributed by atoms with Crippen molar-refractivity contribution in [2.45, 2.75) is 6.92 Å². The Bertz CT molecular complexity index is 1500. The van der Waals surface area contributed by atoms with E-state index >= 15 is 0 Å². The summed E-state index contributed by atoms with van der Waals surface area (Å²) in [5, 5.41) is 8.30. The third-order valence-corrected chi connectivity index (χ3v) is 6.40. The monoisotopic (exact) mass is 636 g/mol.